The molecule has 1 saturated carbocycles. The van der Waals surface area contributed by atoms with Crippen molar-refractivity contribution in [3.63, 3.8) is 0 Å². The molecule has 5 heteroatoms. The second-order valence-corrected chi connectivity index (χ2v) is 3.60. The highest BCUT2D eigenvalue weighted by molar-refractivity contribution is 4.97. The van der Waals surface area contributed by atoms with Crippen molar-refractivity contribution in [2.24, 2.45) is 11.1 Å². The summed E-state index contributed by atoms with van der Waals surface area (Å²) in [6, 6.07) is -0.674. The molecule has 0 aliphatic heterocycles. The van der Waals surface area contributed by atoms with E-state index in [0.717, 1.165) is 6.42 Å². The highest BCUT2D eigenvalue weighted by Crippen LogP contribution is 2.31. The number of nitrogens with zero attached hydrogens (tertiary/aromatic N) is 2. The number of hydrogen-bond acceptors (Lipinski definition) is 5. The normalized spacial score (nSPS) is 39.8. The lowest BCUT2D eigenvalue weighted by Gasteiger charge is -2.23. The van der Waals surface area contributed by atoms with Gasteiger partial charge in [0.2, 0.25) is 0 Å². The van der Waals surface area contributed by atoms with Crippen molar-refractivity contribution in [3.05, 3.63) is 4.91 Å². The zero-order valence-corrected chi connectivity index (χ0v) is 8.17. The molecule has 1 aliphatic carbocycles. The second-order valence-electron chi connectivity index (χ2n) is 3.60. The van der Waals surface area contributed by atoms with Crippen LogP contribution in [0.3, 0.4) is 0 Å². The van der Waals surface area contributed by atoms with Crippen molar-refractivity contribution in [1.29, 1.82) is 0 Å². The molecule has 1 fully saturated rings. The first kappa shape index (κ1) is 10.6. The second kappa shape index (κ2) is 4.13. The number of aliphatic hydroxyl groups excluding tert-OH is 1. The molecule has 0 amide bonds. The van der Waals surface area contributed by atoms with E-state index in [9.17, 15) is 10.0 Å². The molecule has 1 aliphatic rings. The Kier molecular flexibility index (Phi) is 3.35. The van der Waals surface area contributed by atoms with Gasteiger partial charge in [-0.3, -0.25) is 0 Å². The molecule has 0 saturated heterocycles. The van der Waals surface area contributed by atoms with Gasteiger partial charge in [-0.05, 0) is 12.3 Å². The summed E-state index contributed by atoms with van der Waals surface area (Å²) in [4.78, 5) is 15.5. The highest BCUT2D eigenvalue weighted by Gasteiger charge is 2.43. The van der Waals surface area contributed by atoms with Gasteiger partial charge < -0.3 is 9.94 Å². The van der Waals surface area contributed by atoms with Crippen LogP contribution in [0.1, 0.15) is 13.3 Å². The molecule has 0 aromatic rings. The fraction of sp³-hybridized carbons (Fsp3) is 1.00. The summed E-state index contributed by atoms with van der Waals surface area (Å²) >= 11 is 0. The zero-order chi connectivity index (χ0) is 10.0. The van der Waals surface area contributed by atoms with Crippen LogP contribution < -0.4 is 0 Å². The lowest BCUT2D eigenvalue weighted by Crippen LogP contribution is -2.39. The van der Waals surface area contributed by atoms with E-state index in [-0.39, 0.29) is 12.0 Å². The maximum absolute atomic E-state index is 10.5. The fourth-order valence-electron chi connectivity index (χ4n) is 1.86. The lowest BCUT2D eigenvalue weighted by molar-refractivity contribution is -0.144. The predicted molar refractivity (Wildman–Crippen MR) is 47.9 cm³/mol. The Balaban J connectivity index is 2.70. The summed E-state index contributed by atoms with van der Waals surface area (Å²) in [5.74, 6) is 0.102. The maximum Gasteiger partial charge on any atom is 0.136 e. The third-order valence-electron chi connectivity index (χ3n) is 2.82. The summed E-state index contributed by atoms with van der Waals surface area (Å²) in [6.07, 6.45) is 0.0992. The number of nitroso groups, excluding NO2 is 1. The Labute approximate surface area is 77.6 Å². The van der Waals surface area contributed by atoms with Gasteiger partial charge in [-0.1, -0.05) is 12.1 Å². The fourth-order valence-corrected chi connectivity index (χ4v) is 1.86. The van der Waals surface area contributed by atoms with Gasteiger partial charge in [-0.25, -0.2) is 0 Å². The minimum absolute atomic E-state index is 0.102. The minimum atomic E-state index is -0.639. The summed E-state index contributed by atoms with van der Waals surface area (Å²) in [6.45, 7) is 1.91. The van der Waals surface area contributed by atoms with Crippen molar-refractivity contribution in [2.75, 3.05) is 14.2 Å². The zero-order valence-electron chi connectivity index (χ0n) is 8.17. The molecule has 1 rings (SSSR count). The molecule has 0 radical (unpaired) electrons. The van der Waals surface area contributed by atoms with Crippen molar-refractivity contribution < 1.29 is 9.94 Å². The molecule has 1 unspecified atom stereocenters. The van der Waals surface area contributed by atoms with Gasteiger partial charge >= 0.3 is 0 Å². The van der Waals surface area contributed by atoms with Crippen LogP contribution in [-0.2, 0) is 4.84 Å². The van der Waals surface area contributed by atoms with Crippen LogP contribution in [0.25, 0.3) is 0 Å². The third-order valence-corrected chi connectivity index (χ3v) is 2.82. The van der Waals surface area contributed by atoms with E-state index in [1.54, 1.807) is 12.1 Å². The number of hydrogen-bond donors (Lipinski definition) is 1. The van der Waals surface area contributed by atoms with Gasteiger partial charge in [0.05, 0.1) is 19.3 Å². The van der Waals surface area contributed by atoms with Gasteiger partial charge in [0.25, 0.3) is 0 Å². The van der Waals surface area contributed by atoms with Crippen LogP contribution in [-0.4, -0.2) is 42.5 Å². The van der Waals surface area contributed by atoms with E-state index in [4.69, 9.17) is 4.84 Å². The van der Waals surface area contributed by atoms with E-state index in [2.05, 4.69) is 5.18 Å². The van der Waals surface area contributed by atoms with Crippen LogP contribution in [0.4, 0.5) is 0 Å². The molecule has 5 nitrogen and oxygen atoms in total. The number of rotatable bonds is 3. The van der Waals surface area contributed by atoms with Gasteiger partial charge in [0.1, 0.15) is 6.04 Å². The van der Waals surface area contributed by atoms with E-state index >= 15 is 0 Å². The SMILES string of the molecule is CON(C)[C@H]1CC(C)[C@H](O)[C@@H]1N=O. The summed E-state index contributed by atoms with van der Waals surface area (Å²) in [5.41, 5.74) is 0. The average molecular weight is 188 g/mol. The maximum atomic E-state index is 10.5. The molecule has 76 valence electrons. The monoisotopic (exact) mass is 188 g/mol. The lowest BCUT2D eigenvalue weighted by atomic mass is 10.1. The molecule has 0 aromatic heterocycles. The summed E-state index contributed by atoms with van der Waals surface area (Å²) < 4.78 is 0. The Bertz CT molecular complexity index is 188. The third kappa shape index (κ3) is 1.87. The molecule has 13 heavy (non-hydrogen) atoms. The highest BCUT2D eigenvalue weighted by atomic mass is 16.7. The van der Waals surface area contributed by atoms with E-state index < -0.39 is 12.1 Å². The van der Waals surface area contributed by atoms with E-state index in [1.807, 2.05) is 6.92 Å². The van der Waals surface area contributed by atoms with Gasteiger partial charge in [-0.15, -0.1) is 0 Å². The Morgan fingerprint density at radius 3 is 2.69 bits per heavy atom. The molecule has 0 aromatic carbocycles. The van der Waals surface area contributed by atoms with Crippen LogP contribution in [0.5, 0.6) is 0 Å². The van der Waals surface area contributed by atoms with Gasteiger partial charge in [-0.2, -0.15) is 9.97 Å². The summed E-state index contributed by atoms with van der Waals surface area (Å²) in [7, 11) is 3.28. The molecule has 4 atom stereocenters. The molecule has 0 heterocycles. The largest absolute Gasteiger partial charge is 0.390 e. The van der Waals surface area contributed by atoms with Crippen LogP contribution in [0, 0.1) is 10.8 Å². The Morgan fingerprint density at radius 1 is 1.62 bits per heavy atom. The first-order valence-electron chi connectivity index (χ1n) is 4.39. The first-order chi connectivity index (χ1) is 6.11. The topological polar surface area (TPSA) is 62.1 Å². The summed E-state index contributed by atoms with van der Waals surface area (Å²) in [5, 5.41) is 14.1. The van der Waals surface area contributed by atoms with Crippen molar-refractivity contribution in [3.8, 4) is 0 Å². The van der Waals surface area contributed by atoms with Gasteiger partial charge in [0, 0.05) is 7.05 Å². The van der Waals surface area contributed by atoms with Crippen molar-refractivity contribution in [1.82, 2.24) is 5.06 Å². The molecule has 0 spiro atoms. The smallest absolute Gasteiger partial charge is 0.136 e. The average Bonchev–Trinajstić information content (AvgIpc) is 2.42. The number of aliphatic hydroxyl groups is 1. The Morgan fingerprint density at radius 2 is 2.23 bits per heavy atom. The van der Waals surface area contributed by atoms with Crippen LogP contribution >= 0.6 is 0 Å². The van der Waals surface area contributed by atoms with Crippen molar-refractivity contribution >= 4 is 0 Å². The molecule has 0 bridgehead atoms. The van der Waals surface area contributed by atoms with Crippen LogP contribution in [0.15, 0.2) is 5.18 Å². The Hall–Kier alpha value is -0.520. The first-order valence-corrected chi connectivity index (χ1v) is 4.39. The van der Waals surface area contributed by atoms with Crippen molar-refractivity contribution in [2.45, 2.75) is 31.5 Å². The predicted octanol–water partition coefficient (Wildman–Crippen LogP) is 0.384. The van der Waals surface area contributed by atoms with E-state index in [1.165, 1.54) is 7.11 Å². The molecular weight excluding hydrogens is 172 g/mol. The van der Waals surface area contributed by atoms with E-state index in [0.29, 0.717) is 0 Å². The number of likely N-dealkylation sites (N-methyl/N-ethyl adjacent to an activating group) is 1. The minimum Gasteiger partial charge on any atom is -0.390 e. The standard InChI is InChI=1S/C8H16N2O3/c1-5-4-6(10(2)13-3)7(9-12)8(5)11/h5-8,11H,4H2,1-3H3/t5?,6-,7+,8-/m0/s1. The molecular formula is C8H16N2O3. The quantitative estimate of drug-likeness (QED) is 0.514. The molecule has 1 N–H and O–H groups in total. The van der Waals surface area contributed by atoms with Gasteiger partial charge in [0.15, 0.2) is 0 Å². The van der Waals surface area contributed by atoms with Crippen LogP contribution in [0.2, 0.25) is 0 Å². The number of hydroxylamine groups is 2.